The van der Waals surface area contributed by atoms with Crippen molar-refractivity contribution in [2.75, 3.05) is 0 Å². The molecule has 6 N–H and O–H groups in total. The first-order valence-corrected chi connectivity index (χ1v) is 9.10. The molecule has 7 heteroatoms. The SMILES string of the molecule is C[C@H](C(=O)NCc1ccc(/C(N)=N/O)cc1)C(CCc1ccccc1)C(N)=O. The molecule has 0 saturated carbocycles. The van der Waals surface area contributed by atoms with Crippen LogP contribution in [0, 0.1) is 11.8 Å². The third-order valence-corrected chi connectivity index (χ3v) is 4.79. The summed E-state index contributed by atoms with van der Waals surface area (Å²) in [6.45, 7) is 2.03. The lowest BCUT2D eigenvalue weighted by atomic mass is 9.87. The molecule has 0 fully saturated rings. The highest BCUT2D eigenvalue weighted by Crippen LogP contribution is 2.19. The molecule has 0 radical (unpaired) electrons. The van der Waals surface area contributed by atoms with Gasteiger partial charge in [0, 0.05) is 23.9 Å². The zero-order valence-electron chi connectivity index (χ0n) is 15.8. The van der Waals surface area contributed by atoms with Crippen LogP contribution in [-0.2, 0) is 22.6 Å². The fourth-order valence-corrected chi connectivity index (χ4v) is 2.99. The molecule has 28 heavy (non-hydrogen) atoms. The Morgan fingerprint density at radius 3 is 2.25 bits per heavy atom. The zero-order chi connectivity index (χ0) is 20.5. The Morgan fingerprint density at radius 1 is 1.04 bits per heavy atom. The molecule has 2 aromatic carbocycles. The number of nitrogens with one attached hydrogen (secondary N) is 1. The Balaban J connectivity index is 1.92. The number of amidine groups is 1. The third-order valence-electron chi connectivity index (χ3n) is 4.79. The summed E-state index contributed by atoms with van der Waals surface area (Å²) in [5, 5.41) is 14.5. The van der Waals surface area contributed by atoms with Crippen LogP contribution in [0.4, 0.5) is 0 Å². The minimum atomic E-state index is -0.539. The van der Waals surface area contributed by atoms with Crippen molar-refractivity contribution in [3.63, 3.8) is 0 Å². The van der Waals surface area contributed by atoms with Gasteiger partial charge in [0.05, 0.1) is 0 Å². The molecule has 2 aromatic rings. The number of oxime groups is 1. The first kappa shape index (κ1) is 21.0. The summed E-state index contributed by atoms with van der Waals surface area (Å²) in [6, 6.07) is 16.7. The quantitative estimate of drug-likeness (QED) is 0.228. The molecule has 0 saturated heterocycles. The van der Waals surface area contributed by atoms with Crippen LogP contribution in [0.15, 0.2) is 59.8 Å². The van der Waals surface area contributed by atoms with Crippen molar-refractivity contribution in [3.05, 3.63) is 71.3 Å². The summed E-state index contributed by atoms with van der Waals surface area (Å²) in [7, 11) is 0. The molecule has 2 amide bonds. The molecule has 0 aliphatic carbocycles. The lowest BCUT2D eigenvalue weighted by Gasteiger charge is -2.20. The predicted octanol–water partition coefficient (Wildman–Crippen LogP) is 1.77. The first-order chi connectivity index (χ1) is 13.4. The number of hydrogen-bond donors (Lipinski definition) is 4. The molecule has 0 heterocycles. The van der Waals surface area contributed by atoms with Crippen LogP contribution in [-0.4, -0.2) is 22.9 Å². The van der Waals surface area contributed by atoms with Crippen LogP contribution < -0.4 is 16.8 Å². The van der Waals surface area contributed by atoms with E-state index in [0.717, 1.165) is 11.1 Å². The van der Waals surface area contributed by atoms with Crippen molar-refractivity contribution in [2.45, 2.75) is 26.3 Å². The van der Waals surface area contributed by atoms with E-state index >= 15 is 0 Å². The van der Waals surface area contributed by atoms with E-state index in [-0.39, 0.29) is 11.7 Å². The minimum absolute atomic E-state index is 0.0203. The van der Waals surface area contributed by atoms with Crippen molar-refractivity contribution in [2.24, 2.45) is 28.5 Å². The zero-order valence-corrected chi connectivity index (χ0v) is 15.8. The van der Waals surface area contributed by atoms with E-state index in [9.17, 15) is 9.59 Å². The molecule has 0 spiro atoms. The van der Waals surface area contributed by atoms with Crippen molar-refractivity contribution >= 4 is 17.6 Å². The van der Waals surface area contributed by atoms with Crippen molar-refractivity contribution < 1.29 is 14.8 Å². The lowest BCUT2D eigenvalue weighted by molar-refractivity contribution is -0.133. The lowest BCUT2D eigenvalue weighted by Crippen LogP contribution is -2.39. The van der Waals surface area contributed by atoms with Gasteiger partial charge in [0.15, 0.2) is 5.84 Å². The number of primary amides is 1. The molecule has 2 rings (SSSR count). The van der Waals surface area contributed by atoms with Crippen molar-refractivity contribution in [1.82, 2.24) is 5.32 Å². The normalized spacial score (nSPS) is 13.5. The number of carbonyl (C=O) groups is 2. The smallest absolute Gasteiger partial charge is 0.223 e. The Bertz CT molecular complexity index is 819. The Morgan fingerprint density at radius 2 is 1.68 bits per heavy atom. The average molecular weight is 382 g/mol. The number of benzene rings is 2. The maximum atomic E-state index is 12.5. The van der Waals surface area contributed by atoms with Crippen molar-refractivity contribution in [3.8, 4) is 0 Å². The molecule has 7 nitrogen and oxygen atoms in total. The fourth-order valence-electron chi connectivity index (χ4n) is 2.99. The van der Waals surface area contributed by atoms with Gasteiger partial charge in [-0.25, -0.2) is 0 Å². The Hall–Kier alpha value is -3.35. The second-order valence-corrected chi connectivity index (χ2v) is 6.72. The summed E-state index contributed by atoms with van der Waals surface area (Å²) < 4.78 is 0. The third kappa shape index (κ3) is 5.84. The predicted molar refractivity (Wildman–Crippen MR) is 107 cm³/mol. The van der Waals surface area contributed by atoms with E-state index in [1.54, 1.807) is 31.2 Å². The van der Waals surface area contributed by atoms with E-state index in [1.807, 2.05) is 30.3 Å². The molecule has 148 valence electrons. The second kappa shape index (κ2) is 10.1. The molecule has 0 aliphatic heterocycles. The number of nitrogens with zero attached hydrogens (tertiary/aromatic N) is 1. The van der Waals surface area contributed by atoms with E-state index in [2.05, 4.69) is 10.5 Å². The number of rotatable bonds is 9. The summed E-state index contributed by atoms with van der Waals surface area (Å²) in [5.74, 6) is -1.74. The number of amides is 2. The van der Waals surface area contributed by atoms with E-state index in [1.165, 1.54) is 0 Å². The van der Waals surface area contributed by atoms with Gasteiger partial charge in [-0.1, -0.05) is 66.7 Å². The molecule has 0 aromatic heterocycles. The van der Waals surface area contributed by atoms with Gasteiger partial charge in [-0.05, 0) is 24.0 Å². The van der Waals surface area contributed by atoms with E-state index in [0.29, 0.717) is 24.9 Å². The summed E-state index contributed by atoms with van der Waals surface area (Å²) in [5.41, 5.74) is 13.6. The van der Waals surface area contributed by atoms with Gasteiger partial charge < -0.3 is 22.0 Å². The molecule has 2 atom stereocenters. The highest BCUT2D eigenvalue weighted by molar-refractivity contribution is 5.97. The number of carbonyl (C=O) groups excluding carboxylic acids is 2. The highest BCUT2D eigenvalue weighted by atomic mass is 16.4. The van der Waals surface area contributed by atoms with Crippen LogP contribution in [0.2, 0.25) is 0 Å². The number of nitrogens with two attached hydrogens (primary N) is 2. The van der Waals surface area contributed by atoms with Gasteiger partial charge in [0.2, 0.25) is 11.8 Å². The van der Waals surface area contributed by atoms with Crippen molar-refractivity contribution in [1.29, 1.82) is 0 Å². The standard InChI is InChI=1S/C21H26N4O3/c1-14(18(20(23)26)12-9-15-5-3-2-4-6-15)21(27)24-13-16-7-10-17(11-8-16)19(22)25-28/h2-8,10-11,14,18,28H,9,12-13H2,1H3,(H2,22,25)(H2,23,26)(H,24,27)/t14-,18?/m0/s1. The van der Waals surface area contributed by atoms with Crippen LogP contribution in [0.1, 0.15) is 30.0 Å². The summed E-state index contributed by atoms with van der Waals surface area (Å²) in [6.07, 6.45) is 1.20. The topological polar surface area (TPSA) is 131 Å². The Labute approximate surface area is 164 Å². The number of hydrogen-bond acceptors (Lipinski definition) is 4. The largest absolute Gasteiger partial charge is 0.409 e. The van der Waals surface area contributed by atoms with Crippen LogP contribution in [0.5, 0.6) is 0 Å². The summed E-state index contributed by atoms with van der Waals surface area (Å²) >= 11 is 0. The molecular formula is C21H26N4O3. The van der Waals surface area contributed by atoms with Crippen LogP contribution >= 0.6 is 0 Å². The van der Waals surface area contributed by atoms with Crippen LogP contribution in [0.25, 0.3) is 0 Å². The summed E-state index contributed by atoms with van der Waals surface area (Å²) in [4.78, 5) is 24.4. The van der Waals surface area contributed by atoms with Gasteiger partial charge in [-0.15, -0.1) is 0 Å². The maximum Gasteiger partial charge on any atom is 0.223 e. The van der Waals surface area contributed by atoms with Gasteiger partial charge in [-0.3, -0.25) is 9.59 Å². The molecular weight excluding hydrogens is 356 g/mol. The molecule has 0 aliphatic rings. The molecule has 1 unspecified atom stereocenters. The van der Waals surface area contributed by atoms with Gasteiger partial charge >= 0.3 is 0 Å². The molecule has 0 bridgehead atoms. The van der Waals surface area contributed by atoms with Gasteiger partial charge in [0.1, 0.15) is 0 Å². The van der Waals surface area contributed by atoms with Gasteiger partial charge in [-0.2, -0.15) is 0 Å². The fraction of sp³-hybridized carbons (Fsp3) is 0.286. The van der Waals surface area contributed by atoms with Gasteiger partial charge in [0.25, 0.3) is 0 Å². The van der Waals surface area contributed by atoms with Crippen LogP contribution in [0.3, 0.4) is 0 Å². The Kier molecular flexibility index (Phi) is 7.56. The number of aryl methyl sites for hydroxylation is 1. The minimum Gasteiger partial charge on any atom is -0.409 e. The van der Waals surface area contributed by atoms with E-state index in [4.69, 9.17) is 16.7 Å². The average Bonchev–Trinajstić information content (AvgIpc) is 2.72. The maximum absolute atomic E-state index is 12.5. The van der Waals surface area contributed by atoms with E-state index < -0.39 is 17.7 Å². The first-order valence-electron chi connectivity index (χ1n) is 9.10. The highest BCUT2D eigenvalue weighted by Gasteiger charge is 2.28. The second-order valence-electron chi connectivity index (χ2n) is 6.72. The monoisotopic (exact) mass is 382 g/mol.